The van der Waals surface area contributed by atoms with Crippen molar-refractivity contribution in [1.82, 2.24) is 9.55 Å². The number of aromatic amines is 1. The van der Waals surface area contributed by atoms with Crippen LogP contribution in [0.15, 0.2) is 46.1 Å². The van der Waals surface area contributed by atoms with Gasteiger partial charge in [-0.3, -0.25) is 9.36 Å². The van der Waals surface area contributed by atoms with Crippen molar-refractivity contribution >= 4 is 0 Å². The Balaban J connectivity index is 2.32. The fourth-order valence-corrected chi connectivity index (χ4v) is 1.66. The zero-order valence-corrected chi connectivity index (χ0v) is 9.64. The third-order valence-electron chi connectivity index (χ3n) is 2.72. The highest BCUT2D eigenvalue weighted by atomic mass is 16.2. The van der Waals surface area contributed by atoms with Gasteiger partial charge in [0.25, 0.3) is 5.56 Å². The van der Waals surface area contributed by atoms with Crippen molar-refractivity contribution < 1.29 is 0 Å². The monoisotopic (exact) mass is 230 g/mol. The van der Waals surface area contributed by atoms with Gasteiger partial charge in [0.15, 0.2) is 0 Å². The molecule has 0 aliphatic carbocycles. The van der Waals surface area contributed by atoms with Gasteiger partial charge in [-0.15, -0.1) is 0 Å². The van der Waals surface area contributed by atoms with E-state index in [1.165, 1.54) is 22.4 Å². The van der Waals surface area contributed by atoms with Crippen molar-refractivity contribution in [3.05, 3.63) is 68.5 Å². The first-order valence-electron chi connectivity index (χ1n) is 5.57. The number of aryl methyl sites for hydroxylation is 1. The number of H-pyrrole nitrogens is 1. The van der Waals surface area contributed by atoms with E-state index in [-0.39, 0.29) is 11.2 Å². The molecule has 0 atom stereocenters. The van der Waals surface area contributed by atoms with Crippen LogP contribution in [0.3, 0.4) is 0 Å². The molecule has 4 heteroatoms. The van der Waals surface area contributed by atoms with Gasteiger partial charge in [-0.25, -0.2) is 4.79 Å². The number of benzene rings is 1. The highest BCUT2D eigenvalue weighted by molar-refractivity contribution is 5.22. The summed E-state index contributed by atoms with van der Waals surface area (Å²) in [6.07, 6.45) is 2.34. The molecule has 0 unspecified atom stereocenters. The van der Waals surface area contributed by atoms with Gasteiger partial charge < -0.3 is 4.98 Å². The summed E-state index contributed by atoms with van der Waals surface area (Å²) in [5.41, 5.74) is 1.52. The summed E-state index contributed by atoms with van der Waals surface area (Å²) in [5, 5.41) is 0. The molecule has 2 rings (SSSR count). The molecule has 0 amide bonds. The van der Waals surface area contributed by atoms with E-state index >= 15 is 0 Å². The number of hydrogen-bond donors (Lipinski definition) is 1. The largest absolute Gasteiger partial charge is 0.328 e. The molecule has 1 N–H and O–H groups in total. The topological polar surface area (TPSA) is 54.9 Å². The van der Waals surface area contributed by atoms with Crippen molar-refractivity contribution in [3.63, 3.8) is 0 Å². The molecule has 0 fully saturated rings. The summed E-state index contributed by atoms with van der Waals surface area (Å²) >= 11 is 0. The fraction of sp³-hybridized carbons (Fsp3) is 0.231. The maximum absolute atomic E-state index is 11.5. The standard InChI is InChI=1S/C13H14N2O2/c1-2-10-3-5-11(6-4-10)9-15-12(16)7-8-14-13(15)17/h3-8H,2,9H2,1H3,(H,14,17). The average molecular weight is 230 g/mol. The quantitative estimate of drug-likeness (QED) is 0.859. The molecule has 0 aliphatic heterocycles. The molecule has 0 bridgehead atoms. The van der Waals surface area contributed by atoms with Gasteiger partial charge in [-0.05, 0) is 17.5 Å². The molecule has 0 saturated carbocycles. The van der Waals surface area contributed by atoms with Crippen molar-refractivity contribution in [1.29, 1.82) is 0 Å². The van der Waals surface area contributed by atoms with Crippen LogP contribution in [0.25, 0.3) is 0 Å². The molecule has 2 aromatic rings. The maximum atomic E-state index is 11.5. The molecule has 0 radical (unpaired) electrons. The lowest BCUT2D eigenvalue weighted by Gasteiger charge is -2.04. The molecule has 0 aliphatic rings. The number of nitrogens with one attached hydrogen (secondary N) is 1. The third kappa shape index (κ3) is 2.53. The molecule has 1 aromatic heterocycles. The van der Waals surface area contributed by atoms with Crippen LogP contribution in [0.5, 0.6) is 0 Å². The smallest absolute Gasteiger partial charge is 0.314 e. The van der Waals surface area contributed by atoms with Gasteiger partial charge in [0.1, 0.15) is 0 Å². The van der Waals surface area contributed by atoms with Crippen LogP contribution in [-0.2, 0) is 13.0 Å². The first kappa shape index (κ1) is 11.4. The van der Waals surface area contributed by atoms with Crippen LogP contribution in [-0.4, -0.2) is 9.55 Å². The van der Waals surface area contributed by atoms with Crippen LogP contribution < -0.4 is 11.2 Å². The van der Waals surface area contributed by atoms with Crippen LogP contribution >= 0.6 is 0 Å². The van der Waals surface area contributed by atoms with Crippen molar-refractivity contribution in [2.24, 2.45) is 0 Å². The summed E-state index contributed by atoms with van der Waals surface area (Å²) in [6.45, 7) is 2.39. The highest BCUT2D eigenvalue weighted by Gasteiger charge is 2.01. The maximum Gasteiger partial charge on any atom is 0.328 e. The van der Waals surface area contributed by atoms with Crippen molar-refractivity contribution in [2.45, 2.75) is 19.9 Å². The Morgan fingerprint density at radius 3 is 2.29 bits per heavy atom. The van der Waals surface area contributed by atoms with Gasteiger partial charge in [0.05, 0.1) is 6.54 Å². The minimum absolute atomic E-state index is 0.284. The van der Waals surface area contributed by atoms with E-state index in [2.05, 4.69) is 11.9 Å². The lowest BCUT2D eigenvalue weighted by Crippen LogP contribution is -2.34. The van der Waals surface area contributed by atoms with E-state index in [0.29, 0.717) is 6.54 Å². The molecule has 0 spiro atoms. The van der Waals surface area contributed by atoms with Gasteiger partial charge in [-0.2, -0.15) is 0 Å². The third-order valence-corrected chi connectivity index (χ3v) is 2.72. The normalized spacial score (nSPS) is 10.4. The minimum Gasteiger partial charge on any atom is -0.314 e. The first-order chi connectivity index (χ1) is 8.20. The Morgan fingerprint density at radius 2 is 1.71 bits per heavy atom. The van der Waals surface area contributed by atoms with Gasteiger partial charge in [0.2, 0.25) is 0 Å². The predicted octanol–water partition coefficient (Wildman–Crippen LogP) is 1.15. The molecule has 17 heavy (non-hydrogen) atoms. The van der Waals surface area contributed by atoms with Crippen LogP contribution in [0.4, 0.5) is 0 Å². The summed E-state index contributed by atoms with van der Waals surface area (Å²) < 4.78 is 1.18. The summed E-state index contributed by atoms with van der Waals surface area (Å²) in [4.78, 5) is 25.5. The van der Waals surface area contributed by atoms with E-state index in [9.17, 15) is 9.59 Å². The zero-order chi connectivity index (χ0) is 12.3. The molecule has 4 nitrogen and oxygen atoms in total. The lowest BCUT2D eigenvalue weighted by atomic mass is 10.1. The Labute approximate surface area is 98.6 Å². The minimum atomic E-state index is -0.378. The lowest BCUT2D eigenvalue weighted by molar-refractivity contribution is 0.698. The molecule has 1 heterocycles. The highest BCUT2D eigenvalue weighted by Crippen LogP contribution is 2.05. The number of rotatable bonds is 3. The zero-order valence-electron chi connectivity index (χ0n) is 9.64. The number of nitrogens with zero attached hydrogens (tertiary/aromatic N) is 1. The summed E-state index contributed by atoms with van der Waals surface area (Å²) in [5.74, 6) is 0. The summed E-state index contributed by atoms with van der Waals surface area (Å²) in [6, 6.07) is 9.26. The van der Waals surface area contributed by atoms with Crippen LogP contribution in [0.2, 0.25) is 0 Å². The molecule has 1 aromatic carbocycles. The first-order valence-corrected chi connectivity index (χ1v) is 5.57. The van der Waals surface area contributed by atoms with Gasteiger partial charge in [-0.1, -0.05) is 31.2 Å². The van der Waals surface area contributed by atoms with E-state index in [0.717, 1.165) is 12.0 Å². The molecular weight excluding hydrogens is 216 g/mol. The Kier molecular flexibility index (Phi) is 3.23. The average Bonchev–Trinajstić information content (AvgIpc) is 2.35. The van der Waals surface area contributed by atoms with Gasteiger partial charge >= 0.3 is 5.69 Å². The van der Waals surface area contributed by atoms with Crippen molar-refractivity contribution in [2.75, 3.05) is 0 Å². The predicted molar refractivity (Wildman–Crippen MR) is 66.2 cm³/mol. The van der Waals surface area contributed by atoms with E-state index in [1.54, 1.807) is 0 Å². The fourth-order valence-electron chi connectivity index (χ4n) is 1.66. The number of hydrogen-bond acceptors (Lipinski definition) is 2. The van der Waals surface area contributed by atoms with E-state index in [1.807, 2.05) is 24.3 Å². The summed E-state index contributed by atoms with van der Waals surface area (Å²) in [7, 11) is 0. The van der Waals surface area contributed by atoms with Crippen LogP contribution in [0, 0.1) is 0 Å². The second kappa shape index (κ2) is 4.82. The SMILES string of the molecule is CCc1ccc(Cn2c(=O)cc[nH]c2=O)cc1. The van der Waals surface area contributed by atoms with Gasteiger partial charge in [0, 0.05) is 12.3 Å². The van der Waals surface area contributed by atoms with E-state index < -0.39 is 0 Å². The molecule has 0 saturated heterocycles. The second-order valence-electron chi connectivity index (χ2n) is 3.88. The van der Waals surface area contributed by atoms with E-state index in [4.69, 9.17) is 0 Å². The molecule has 88 valence electrons. The molecular formula is C13H14N2O2. The Hall–Kier alpha value is -2.10. The number of aromatic nitrogens is 2. The Morgan fingerprint density at radius 1 is 1.06 bits per heavy atom. The van der Waals surface area contributed by atoms with Crippen LogP contribution in [0.1, 0.15) is 18.1 Å². The Bertz CT molecular complexity index is 580. The van der Waals surface area contributed by atoms with Crippen molar-refractivity contribution in [3.8, 4) is 0 Å². The second-order valence-corrected chi connectivity index (χ2v) is 3.88.